The van der Waals surface area contributed by atoms with Gasteiger partial charge in [0.05, 0.1) is 6.07 Å². The molecule has 0 aliphatic carbocycles. The Morgan fingerprint density at radius 1 is 1.29 bits per heavy atom. The number of nitriles is 1. The molecular formula is C22H31N3O3. The smallest absolute Gasteiger partial charge is 0.257 e. The number of carbonyl (C=O) groups excluding carboxylic acids is 2. The van der Waals surface area contributed by atoms with E-state index in [1.165, 1.54) is 5.56 Å². The molecule has 152 valence electrons. The second kappa shape index (κ2) is 9.59. The zero-order chi connectivity index (χ0) is 20.7. The molecule has 28 heavy (non-hydrogen) atoms. The summed E-state index contributed by atoms with van der Waals surface area (Å²) in [6, 6.07) is 7.92. The first-order valence-electron chi connectivity index (χ1n) is 9.86. The molecule has 2 amide bonds. The second-order valence-corrected chi connectivity index (χ2v) is 8.50. The summed E-state index contributed by atoms with van der Waals surface area (Å²) in [5, 5.41) is 11.6. The Hall–Kier alpha value is -2.55. The largest absolute Gasteiger partial charge is 0.483 e. The van der Waals surface area contributed by atoms with Crippen LogP contribution in [0.3, 0.4) is 0 Å². The van der Waals surface area contributed by atoms with Gasteiger partial charge >= 0.3 is 0 Å². The summed E-state index contributed by atoms with van der Waals surface area (Å²) in [5.74, 6) is 0.853. The first-order chi connectivity index (χ1) is 13.2. The van der Waals surface area contributed by atoms with Crippen LogP contribution in [0.1, 0.15) is 51.2 Å². The SMILES string of the molecule is Cc1ccc(OCC(=O)NCC2CCN(C(=O)CC#N)CC2)c(C(C)(C)C)c1. The van der Waals surface area contributed by atoms with E-state index in [2.05, 4.69) is 32.2 Å². The number of amides is 2. The number of rotatable bonds is 6. The first kappa shape index (κ1) is 21.7. The van der Waals surface area contributed by atoms with Gasteiger partial charge in [0.1, 0.15) is 12.2 Å². The van der Waals surface area contributed by atoms with Gasteiger partial charge in [0.25, 0.3) is 5.91 Å². The molecule has 6 heteroatoms. The van der Waals surface area contributed by atoms with Crippen LogP contribution in [-0.4, -0.2) is 43.0 Å². The number of likely N-dealkylation sites (tertiary alicyclic amines) is 1. The van der Waals surface area contributed by atoms with Gasteiger partial charge in [0, 0.05) is 19.6 Å². The molecule has 0 radical (unpaired) electrons. The van der Waals surface area contributed by atoms with Crippen molar-refractivity contribution in [1.29, 1.82) is 5.26 Å². The van der Waals surface area contributed by atoms with Crippen LogP contribution in [0.5, 0.6) is 5.75 Å². The highest BCUT2D eigenvalue weighted by Crippen LogP contribution is 2.32. The summed E-state index contributed by atoms with van der Waals surface area (Å²) in [5.41, 5.74) is 2.20. The molecule has 1 heterocycles. The summed E-state index contributed by atoms with van der Waals surface area (Å²) in [6.07, 6.45) is 1.61. The fourth-order valence-corrected chi connectivity index (χ4v) is 3.37. The molecule has 0 saturated carbocycles. The molecule has 1 N–H and O–H groups in total. The Morgan fingerprint density at radius 3 is 2.57 bits per heavy atom. The van der Waals surface area contributed by atoms with Crippen LogP contribution in [0.25, 0.3) is 0 Å². The van der Waals surface area contributed by atoms with E-state index in [0.717, 1.165) is 24.2 Å². The lowest BCUT2D eigenvalue weighted by Crippen LogP contribution is -2.42. The molecule has 0 bridgehead atoms. The van der Waals surface area contributed by atoms with Crippen molar-refractivity contribution in [3.63, 3.8) is 0 Å². The quantitative estimate of drug-likeness (QED) is 0.816. The Labute approximate surface area is 167 Å². The minimum atomic E-state index is -0.136. The van der Waals surface area contributed by atoms with Gasteiger partial charge in [0.15, 0.2) is 6.61 Å². The molecule has 2 rings (SSSR count). The zero-order valence-corrected chi connectivity index (χ0v) is 17.4. The number of nitrogens with one attached hydrogen (secondary N) is 1. The van der Waals surface area contributed by atoms with Gasteiger partial charge in [-0.15, -0.1) is 0 Å². The van der Waals surface area contributed by atoms with Crippen LogP contribution in [0, 0.1) is 24.2 Å². The Morgan fingerprint density at radius 2 is 1.96 bits per heavy atom. The second-order valence-electron chi connectivity index (χ2n) is 8.50. The van der Waals surface area contributed by atoms with Crippen molar-refractivity contribution in [1.82, 2.24) is 10.2 Å². The maximum atomic E-state index is 12.2. The van der Waals surface area contributed by atoms with Gasteiger partial charge in [-0.2, -0.15) is 5.26 Å². The lowest BCUT2D eigenvalue weighted by Gasteiger charge is -2.31. The van der Waals surface area contributed by atoms with E-state index in [0.29, 0.717) is 25.6 Å². The van der Waals surface area contributed by atoms with Crippen molar-refractivity contribution in [2.24, 2.45) is 5.92 Å². The molecule has 1 aliphatic rings. The molecule has 1 aliphatic heterocycles. The van der Waals surface area contributed by atoms with Crippen LogP contribution in [0.15, 0.2) is 18.2 Å². The summed E-state index contributed by atoms with van der Waals surface area (Å²) in [4.78, 5) is 25.7. The monoisotopic (exact) mass is 385 g/mol. The number of benzene rings is 1. The van der Waals surface area contributed by atoms with Crippen molar-refractivity contribution < 1.29 is 14.3 Å². The molecule has 0 aromatic heterocycles. The van der Waals surface area contributed by atoms with E-state index in [1.807, 2.05) is 25.1 Å². The average Bonchev–Trinajstić information content (AvgIpc) is 2.65. The highest BCUT2D eigenvalue weighted by molar-refractivity contribution is 5.78. The van der Waals surface area contributed by atoms with Crippen LogP contribution in [0.2, 0.25) is 0 Å². The summed E-state index contributed by atoms with van der Waals surface area (Å²) in [7, 11) is 0. The van der Waals surface area contributed by atoms with E-state index < -0.39 is 0 Å². The molecule has 1 aromatic rings. The molecule has 0 spiro atoms. The van der Waals surface area contributed by atoms with Crippen LogP contribution in [0.4, 0.5) is 0 Å². The fourth-order valence-electron chi connectivity index (χ4n) is 3.37. The highest BCUT2D eigenvalue weighted by atomic mass is 16.5. The first-order valence-corrected chi connectivity index (χ1v) is 9.86. The minimum Gasteiger partial charge on any atom is -0.483 e. The van der Waals surface area contributed by atoms with E-state index in [-0.39, 0.29) is 30.3 Å². The lowest BCUT2D eigenvalue weighted by molar-refractivity contribution is -0.131. The third-order valence-corrected chi connectivity index (χ3v) is 5.09. The average molecular weight is 386 g/mol. The van der Waals surface area contributed by atoms with Gasteiger partial charge < -0.3 is 15.0 Å². The standard InChI is InChI=1S/C22H31N3O3/c1-16-5-6-19(18(13-16)22(2,3)4)28-15-20(26)24-14-17-8-11-25(12-9-17)21(27)7-10-23/h5-6,13,17H,7-9,11-12,14-15H2,1-4H3,(H,24,26). The normalized spacial score (nSPS) is 15.0. The van der Waals surface area contributed by atoms with E-state index in [9.17, 15) is 9.59 Å². The Balaban J connectivity index is 1.77. The molecule has 0 unspecified atom stereocenters. The minimum absolute atomic E-state index is 0.00829. The van der Waals surface area contributed by atoms with E-state index >= 15 is 0 Å². The number of ether oxygens (including phenoxy) is 1. The maximum Gasteiger partial charge on any atom is 0.257 e. The van der Waals surface area contributed by atoms with Gasteiger partial charge in [-0.25, -0.2) is 0 Å². The van der Waals surface area contributed by atoms with Crippen LogP contribution >= 0.6 is 0 Å². The molecule has 1 fully saturated rings. The van der Waals surface area contributed by atoms with Gasteiger partial charge in [0.2, 0.25) is 5.91 Å². The number of hydrogen-bond donors (Lipinski definition) is 1. The third-order valence-electron chi connectivity index (χ3n) is 5.09. The van der Waals surface area contributed by atoms with Gasteiger partial charge in [-0.3, -0.25) is 9.59 Å². The number of carbonyl (C=O) groups is 2. The molecule has 1 saturated heterocycles. The summed E-state index contributed by atoms with van der Waals surface area (Å²) in [6.45, 7) is 10.3. The molecule has 6 nitrogen and oxygen atoms in total. The van der Waals surface area contributed by atoms with Crippen molar-refractivity contribution in [2.75, 3.05) is 26.2 Å². The molecular weight excluding hydrogens is 354 g/mol. The topological polar surface area (TPSA) is 82.4 Å². The predicted octanol–water partition coefficient (Wildman–Crippen LogP) is 2.94. The molecule has 0 atom stereocenters. The van der Waals surface area contributed by atoms with Gasteiger partial charge in [-0.1, -0.05) is 38.5 Å². The number of hydrogen-bond acceptors (Lipinski definition) is 4. The van der Waals surface area contributed by atoms with E-state index in [1.54, 1.807) is 4.90 Å². The zero-order valence-electron chi connectivity index (χ0n) is 17.4. The fraction of sp³-hybridized carbons (Fsp3) is 0.591. The molecule has 1 aromatic carbocycles. The summed E-state index contributed by atoms with van der Waals surface area (Å²) >= 11 is 0. The van der Waals surface area contributed by atoms with E-state index in [4.69, 9.17) is 10.00 Å². The Kier molecular flexibility index (Phi) is 7.45. The summed E-state index contributed by atoms with van der Waals surface area (Å²) < 4.78 is 5.80. The van der Waals surface area contributed by atoms with Crippen molar-refractivity contribution in [3.8, 4) is 11.8 Å². The van der Waals surface area contributed by atoms with Gasteiger partial charge in [-0.05, 0) is 42.7 Å². The highest BCUT2D eigenvalue weighted by Gasteiger charge is 2.23. The predicted molar refractivity (Wildman–Crippen MR) is 108 cm³/mol. The number of aryl methyl sites for hydroxylation is 1. The third kappa shape index (κ3) is 6.26. The van der Waals surface area contributed by atoms with Crippen molar-refractivity contribution >= 4 is 11.8 Å². The number of nitrogens with zero attached hydrogens (tertiary/aromatic N) is 2. The van der Waals surface area contributed by atoms with Crippen molar-refractivity contribution in [3.05, 3.63) is 29.3 Å². The number of piperidine rings is 1. The van der Waals surface area contributed by atoms with Crippen molar-refractivity contribution in [2.45, 2.75) is 52.4 Å². The van der Waals surface area contributed by atoms with Crippen LogP contribution in [-0.2, 0) is 15.0 Å². The Bertz CT molecular complexity index is 738. The van der Waals surface area contributed by atoms with Crippen LogP contribution < -0.4 is 10.1 Å². The maximum absolute atomic E-state index is 12.2. The lowest BCUT2D eigenvalue weighted by atomic mass is 9.85.